The van der Waals surface area contributed by atoms with Gasteiger partial charge in [-0.15, -0.1) is 0 Å². The first kappa shape index (κ1) is 11.8. The number of aryl methyl sites for hydroxylation is 1. The minimum atomic E-state index is 0.111. The van der Waals surface area contributed by atoms with E-state index in [-0.39, 0.29) is 5.91 Å². The molecule has 0 fully saturated rings. The van der Waals surface area contributed by atoms with Crippen LogP contribution in [0.1, 0.15) is 37.8 Å². The largest absolute Gasteiger partial charge is 0.446 e. The normalized spacial score (nSPS) is 10.3. The van der Waals surface area contributed by atoms with Gasteiger partial charge in [-0.25, -0.2) is 4.98 Å². The topological polar surface area (TPSA) is 55.1 Å². The molecule has 84 valence electrons. The summed E-state index contributed by atoms with van der Waals surface area (Å²) in [6.07, 6.45) is 4.96. The van der Waals surface area contributed by atoms with E-state index in [1.807, 2.05) is 6.92 Å². The average molecular weight is 210 g/mol. The molecular formula is C11H18N2O2. The molecule has 0 bridgehead atoms. The molecule has 1 heterocycles. The number of carbonyl (C=O) groups is 1. The minimum Gasteiger partial charge on any atom is -0.446 e. The Bertz CT molecular complexity index is 307. The summed E-state index contributed by atoms with van der Waals surface area (Å²) in [5.41, 5.74) is 0. The standard InChI is InChI=1S/C11H18N2O2/c1-3-4-5-10(14)12-7-6-11-13-8-9(2)15-11/h8H,3-7H2,1-2H3,(H,12,14). The van der Waals surface area contributed by atoms with E-state index >= 15 is 0 Å². The quantitative estimate of drug-likeness (QED) is 0.779. The van der Waals surface area contributed by atoms with Crippen molar-refractivity contribution < 1.29 is 9.21 Å². The van der Waals surface area contributed by atoms with Crippen LogP contribution in [0, 0.1) is 6.92 Å². The summed E-state index contributed by atoms with van der Waals surface area (Å²) in [5, 5.41) is 2.84. The highest BCUT2D eigenvalue weighted by atomic mass is 16.4. The van der Waals surface area contributed by atoms with Crippen LogP contribution in [-0.2, 0) is 11.2 Å². The third kappa shape index (κ3) is 4.63. The summed E-state index contributed by atoms with van der Waals surface area (Å²) in [4.78, 5) is 15.3. The molecule has 15 heavy (non-hydrogen) atoms. The van der Waals surface area contributed by atoms with Crippen LogP contribution in [0.3, 0.4) is 0 Å². The van der Waals surface area contributed by atoms with E-state index in [9.17, 15) is 4.79 Å². The van der Waals surface area contributed by atoms with Gasteiger partial charge in [0.2, 0.25) is 5.91 Å². The maximum atomic E-state index is 11.2. The van der Waals surface area contributed by atoms with E-state index < -0.39 is 0 Å². The SMILES string of the molecule is CCCCC(=O)NCCc1ncc(C)o1. The lowest BCUT2D eigenvalue weighted by Gasteiger charge is -2.02. The molecule has 0 saturated carbocycles. The Morgan fingerprint density at radius 3 is 3.00 bits per heavy atom. The third-order valence-electron chi connectivity index (χ3n) is 2.09. The maximum absolute atomic E-state index is 11.2. The molecule has 1 rings (SSSR count). The van der Waals surface area contributed by atoms with Gasteiger partial charge in [0.15, 0.2) is 5.89 Å². The molecule has 0 aliphatic carbocycles. The zero-order chi connectivity index (χ0) is 11.1. The molecule has 0 radical (unpaired) electrons. The summed E-state index contributed by atoms with van der Waals surface area (Å²) in [6.45, 7) is 4.53. The molecule has 0 atom stereocenters. The van der Waals surface area contributed by atoms with Gasteiger partial charge in [-0.3, -0.25) is 4.79 Å². The molecule has 1 N–H and O–H groups in total. The van der Waals surface area contributed by atoms with E-state index in [0.29, 0.717) is 25.3 Å². The monoisotopic (exact) mass is 210 g/mol. The van der Waals surface area contributed by atoms with E-state index in [0.717, 1.165) is 18.6 Å². The number of unbranched alkanes of at least 4 members (excludes halogenated alkanes) is 1. The van der Waals surface area contributed by atoms with Crippen LogP contribution in [0.25, 0.3) is 0 Å². The van der Waals surface area contributed by atoms with Crippen LogP contribution >= 0.6 is 0 Å². The molecule has 0 spiro atoms. The predicted molar refractivity (Wildman–Crippen MR) is 57.5 cm³/mol. The molecule has 0 aliphatic rings. The van der Waals surface area contributed by atoms with E-state index in [4.69, 9.17) is 4.42 Å². The lowest BCUT2D eigenvalue weighted by Crippen LogP contribution is -2.25. The fraction of sp³-hybridized carbons (Fsp3) is 0.636. The fourth-order valence-electron chi connectivity index (χ4n) is 1.25. The number of nitrogens with one attached hydrogen (secondary N) is 1. The van der Waals surface area contributed by atoms with Gasteiger partial charge in [-0.2, -0.15) is 0 Å². The van der Waals surface area contributed by atoms with Crippen molar-refractivity contribution >= 4 is 5.91 Å². The zero-order valence-corrected chi connectivity index (χ0v) is 9.38. The van der Waals surface area contributed by atoms with Crippen molar-refractivity contribution in [3.05, 3.63) is 17.8 Å². The van der Waals surface area contributed by atoms with E-state index in [1.165, 1.54) is 0 Å². The highest BCUT2D eigenvalue weighted by Crippen LogP contribution is 2.01. The number of hydrogen-bond donors (Lipinski definition) is 1. The molecule has 4 nitrogen and oxygen atoms in total. The van der Waals surface area contributed by atoms with Crippen molar-refractivity contribution in [3.63, 3.8) is 0 Å². The number of rotatable bonds is 6. The zero-order valence-electron chi connectivity index (χ0n) is 9.38. The second-order valence-corrected chi connectivity index (χ2v) is 3.57. The van der Waals surface area contributed by atoms with Gasteiger partial charge in [-0.05, 0) is 13.3 Å². The summed E-state index contributed by atoms with van der Waals surface area (Å²) < 4.78 is 5.28. The Kier molecular flexibility index (Phi) is 4.87. The second-order valence-electron chi connectivity index (χ2n) is 3.57. The predicted octanol–water partition coefficient (Wildman–Crippen LogP) is 1.83. The highest BCUT2D eigenvalue weighted by molar-refractivity contribution is 5.75. The van der Waals surface area contributed by atoms with Gasteiger partial charge in [0.25, 0.3) is 0 Å². The van der Waals surface area contributed by atoms with Gasteiger partial charge in [-0.1, -0.05) is 13.3 Å². The van der Waals surface area contributed by atoms with Crippen molar-refractivity contribution in [2.75, 3.05) is 6.54 Å². The Morgan fingerprint density at radius 1 is 1.60 bits per heavy atom. The van der Waals surface area contributed by atoms with Crippen LogP contribution in [0.5, 0.6) is 0 Å². The first-order chi connectivity index (χ1) is 7.22. The van der Waals surface area contributed by atoms with Gasteiger partial charge < -0.3 is 9.73 Å². The van der Waals surface area contributed by atoms with Crippen LogP contribution in [0.2, 0.25) is 0 Å². The highest BCUT2D eigenvalue weighted by Gasteiger charge is 2.02. The minimum absolute atomic E-state index is 0.111. The molecule has 0 unspecified atom stereocenters. The van der Waals surface area contributed by atoms with Crippen LogP contribution < -0.4 is 5.32 Å². The number of amides is 1. The lowest BCUT2D eigenvalue weighted by molar-refractivity contribution is -0.121. The maximum Gasteiger partial charge on any atom is 0.220 e. The first-order valence-corrected chi connectivity index (χ1v) is 5.40. The molecule has 0 saturated heterocycles. The number of nitrogens with zero attached hydrogens (tertiary/aromatic N) is 1. The first-order valence-electron chi connectivity index (χ1n) is 5.40. The Hall–Kier alpha value is -1.32. The Balaban J connectivity index is 2.13. The number of hydrogen-bond acceptors (Lipinski definition) is 3. The lowest BCUT2D eigenvalue weighted by atomic mass is 10.2. The summed E-state index contributed by atoms with van der Waals surface area (Å²) in [5.74, 6) is 1.60. The van der Waals surface area contributed by atoms with E-state index in [1.54, 1.807) is 6.20 Å². The molecule has 0 aromatic carbocycles. The van der Waals surface area contributed by atoms with Gasteiger partial charge in [0.1, 0.15) is 5.76 Å². The molecule has 0 aliphatic heterocycles. The third-order valence-corrected chi connectivity index (χ3v) is 2.09. The summed E-state index contributed by atoms with van der Waals surface area (Å²) >= 11 is 0. The molecule has 1 amide bonds. The van der Waals surface area contributed by atoms with Crippen LogP contribution in [0.4, 0.5) is 0 Å². The Morgan fingerprint density at radius 2 is 2.40 bits per heavy atom. The van der Waals surface area contributed by atoms with Crippen molar-refractivity contribution in [1.82, 2.24) is 10.3 Å². The number of carbonyl (C=O) groups excluding carboxylic acids is 1. The summed E-state index contributed by atoms with van der Waals surface area (Å²) in [6, 6.07) is 0. The van der Waals surface area contributed by atoms with Crippen molar-refractivity contribution in [1.29, 1.82) is 0 Å². The Labute approximate surface area is 90.1 Å². The van der Waals surface area contributed by atoms with E-state index in [2.05, 4.69) is 17.2 Å². The van der Waals surface area contributed by atoms with Crippen LogP contribution in [-0.4, -0.2) is 17.4 Å². The fourth-order valence-corrected chi connectivity index (χ4v) is 1.25. The number of oxazole rings is 1. The van der Waals surface area contributed by atoms with Gasteiger partial charge >= 0.3 is 0 Å². The van der Waals surface area contributed by atoms with Crippen molar-refractivity contribution in [2.24, 2.45) is 0 Å². The smallest absolute Gasteiger partial charge is 0.220 e. The second kappa shape index (κ2) is 6.22. The molecule has 1 aromatic heterocycles. The average Bonchev–Trinajstić information content (AvgIpc) is 2.61. The number of aromatic nitrogens is 1. The van der Waals surface area contributed by atoms with Gasteiger partial charge in [0, 0.05) is 19.4 Å². The molecule has 1 aromatic rings. The molecular weight excluding hydrogens is 192 g/mol. The van der Waals surface area contributed by atoms with Crippen molar-refractivity contribution in [3.8, 4) is 0 Å². The van der Waals surface area contributed by atoms with Crippen LogP contribution in [0.15, 0.2) is 10.6 Å². The van der Waals surface area contributed by atoms with Gasteiger partial charge in [0.05, 0.1) is 6.20 Å². The van der Waals surface area contributed by atoms with Crippen molar-refractivity contribution in [2.45, 2.75) is 39.5 Å². The summed E-state index contributed by atoms with van der Waals surface area (Å²) in [7, 11) is 0. The molecule has 4 heteroatoms.